The van der Waals surface area contributed by atoms with E-state index in [1.165, 1.54) is 0 Å². The van der Waals surface area contributed by atoms with Gasteiger partial charge in [0, 0.05) is 16.4 Å². The quantitative estimate of drug-likeness (QED) is 0.0547. The zero-order chi connectivity index (χ0) is 50.3. The van der Waals surface area contributed by atoms with E-state index in [1.807, 2.05) is 0 Å². The third-order valence-electron chi connectivity index (χ3n) is 11.6. The Morgan fingerprint density at radius 2 is 0.691 bits per heavy atom. The Hall–Kier alpha value is -9.24. The summed E-state index contributed by atoms with van der Waals surface area (Å²) in [6.45, 7) is 0. The molecule has 8 rings (SSSR count). The Labute approximate surface area is 381 Å². The fourth-order valence-electron chi connectivity index (χ4n) is 7.90. The second kappa shape index (κ2) is 14.9. The van der Waals surface area contributed by atoms with Gasteiger partial charge in [0.25, 0.3) is 0 Å². The molecule has 25 nitrogen and oxygen atoms in total. The Kier molecular flexibility index (Phi) is 9.93. The fraction of sp³-hybridized carbons (Fsp3) is 0.0513. The minimum Gasteiger partial charge on any atom is -0.508 e. The van der Waals surface area contributed by atoms with Crippen molar-refractivity contribution in [1.29, 1.82) is 0 Å². The number of hydrogen-bond acceptors (Lipinski definition) is 26. The van der Waals surface area contributed by atoms with Crippen molar-refractivity contribution < 1.29 is 112 Å². The van der Waals surface area contributed by atoms with E-state index in [2.05, 4.69) is 15.0 Å². The molecule has 5 aromatic carbocycles. The highest BCUT2D eigenvalue weighted by Gasteiger charge is 2.42. The van der Waals surface area contributed by atoms with Crippen LogP contribution in [-0.4, -0.2) is 157 Å². The first kappa shape index (κ1) is 45.3. The molecule has 0 radical (unpaired) electrons. The van der Waals surface area contributed by atoms with Gasteiger partial charge in [-0.15, -0.1) is 11.3 Å². The minimum absolute atomic E-state index is 0.298. The molecule has 2 atom stereocenters. The zero-order valence-corrected chi connectivity index (χ0v) is 35.1. The zero-order valence-electron chi connectivity index (χ0n) is 34.2. The molecule has 0 spiro atoms. The monoisotopic (exact) mass is 957 g/mol. The van der Waals surface area contributed by atoms with E-state index in [9.17, 15) is 112 Å². The molecule has 2 heterocycles. The third kappa shape index (κ3) is 5.78. The number of aromatic hydroxyl groups is 17. The first-order valence-electron chi connectivity index (χ1n) is 18.9. The van der Waals surface area contributed by atoms with E-state index in [4.69, 9.17) is 0 Å². The molecule has 0 saturated heterocycles. The molecule has 0 saturated carbocycles. The Bertz CT molecular complexity index is 3500. The number of aromatic nitrogens is 3. The highest BCUT2D eigenvalue weighted by Crippen LogP contribution is 2.63. The summed E-state index contributed by atoms with van der Waals surface area (Å²) in [5.41, 5.74) is -7.20. The van der Waals surface area contributed by atoms with Crippen LogP contribution in [-0.2, 0) is 0 Å². The maximum Gasteiger partial charge on any atom is 0.205 e. The topological polar surface area (TPSA) is 484 Å². The SMILES string of the molecule is Bc1c(O)c(O)c(-c2c(O)c(O)c(O)c3c2sc2c(-c4c(O)c(O)c(O)c(-c5nc(-c6c(B)c(O)c(O)c(O)c6O)nc(C6C(O)=C(O)C(O)=C(O)C6O)n5)c4O)c(O)c(B)c(O)c23)c(O)c1O. The lowest BCUT2D eigenvalue weighted by Gasteiger charge is -2.26. The minimum atomic E-state index is -2.44. The lowest BCUT2D eigenvalue weighted by molar-refractivity contribution is 0.0881. The molecule has 0 amide bonds. The van der Waals surface area contributed by atoms with Crippen LogP contribution in [0.25, 0.3) is 65.2 Å². The number of hydrogen-bond donors (Lipinski definition) is 22. The molecule has 348 valence electrons. The van der Waals surface area contributed by atoms with Crippen molar-refractivity contribution in [3.63, 3.8) is 0 Å². The molecular formula is C39H30B3N3O22S. The van der Waals surface area contributed by atoms with Gasteiger partial charge in [0.2, 0.25) is 28.8 Å². The van der Waals surface area contributed by atoms with Gasteiger partial charge in [0.1, 0.15) is 64.2 Å². The predicted molar refractivity (Wildman–Crippen MR) is 241 cm³/mol. The van der Waals surface area contributed by atoms with Crippen molar-refractivity contribution in [3.05, 3.63) is 28.9 Å². The molecule has 0 aliphatic heterocycles. The van der Waals surface area contributed by atoms with E-state index < -0.39 is 220 Å². The van der Waals surface area contributed by atoms with Crippen molar-refractivity contribution in [3.8, 4) is 143 Å². The summed E-state index contributed by atoms with van der Waals surface area (Å²) in [5.74, 6) is -32.1. The number of nitrogens with zero attached hydrogens (tertiary/aromatic N) is 3. The smallest absolute Gasteiger partial charge is 0.205 e. The summed E-state index contributed by atoms with van der Waals surface area (Å²) in [6, 6.07) is 0. The van der Waals surface area contributed by atoms with Gasteiger partial charge in [-0.25, -0.2) is 15.0 Å². The van der Waals surface area contributed by atoms with Gasteiger partial charge in [0.05, 0.1) is 37.0 Å². The van der Waals surface area contributed by atoms with Crippen LogP contribution >= 0.6 is 11.3 Å². The second-order valence-electron chi connectivity index (χ2n) is 15.3. The van der Waals surface area contributed by atoms with Gasteiger partial charge in [-0.05, 0) is 10.9 Å². The van der Waals surface area contributed by atoms with E-state index >= 15 is 0 Å². The van der Waals surface area contributed by atoms with Crippen molar-refractivity contribution >= 4 is 71.4 Å². The standard InChI is InChI=1S/C39H30B3N3O22S/c40-10-7(21(54)30(63)33(66)25(10)58)37-43-38(45-39(44-37)9-23(56)31(64)34(67)32(65)24(9)57)8-13(46)1(18(51)28(61)22(8)55)3-14(47)11(41)15(48)5-6-20(53)29(62)19(52)4(36(6)68-35(3)5)2-16(49)26(59)12(42)27(60)17(2)50/h9,23,46-67H,40-42H2. The van der Waals surface area contributed by atoms with Crippen LogP contribution in [0.1, 0.15) is 11.7 Å². The number of aliphatic hydroxyl groups is 5. The van der Waals surface area contributed by atoms with Gasteiger partial charge in [-0.2, -0.15) is 0 Å². The van der Waals surface area contributed by atoms with Crippen LogP contribution in [0.2, 0.25) is 0 Å². The van der Waals surface area contributed by atoms with E-state index in [-0.39, 0.29) is 0 Å². The second-order valence-corrected chi connectivity index (χ2v) is 16.3. The number of phenolic OH excluding ortho intramolecular Hbond substituents is 17. The van der Waals surface area contributed by atoms with Crippen LogP contribution in [0.4, 0.5) is 0 Å². The van der Waals surface area contributed by atoms with Crippen molar-refractivity contribution in [2.24, 2.45) is 0 Å². The van der Waals surface area contributed by atoms with Crippen LogP contribution in [0.15, 0.2) is 23.0 Å². The highest BCUT2D eigenvalue weighted by molar-refractivity contribution is 7.27. The summed E-state index contributed by atoms with van der Waals surface area (Å²) in [7, 11) is 3.17. The first-order valence-corrected chi connectivity index (χ1v) is 19.7. The number of aliphatic hydroxyl groups excluding tert-OH is 5. The molecule has 0 bridgehead atoms. The lowest BCUT2D eigenvalue weighted by Crippen LogP contribution is -2.31. The van der Waals surface area contributed by atoms with Crippen LogP contribution < -0.4 is 16.4 Å². The van der Waals surface area contributed by atoms with Gasteiger partial charge >= 0.3 is 0 Å². The third-order valence-corrected chi connectivity index (χ3v) is 12.8. The van der Waals surface area contributed by atoms with Crippen molar-refractivity contribution in [2.45, 2.75) is 12.0 Å². The molecule has 2 aromatic heterocycles. The Balaban J connectivity index is 1.53. The van der Waals surface area contributed by atoms with Crippen LogP contribution in [0.5, 0.6) is 97.7 Å². The number of rotatable bonds is 5. The number of fused-ring (bicyclic) bond motifs is 3. The van der Waals surface area contributed by atoms with Gasteiger partial charge < -0.3 is 112 Å². The lowest BCUT2D eigenvalue weighted by atomic mass is 9.85. The van der Waals surface area contributed by atoms with Crippen LogP contribution in [0.3, 0.4) is 0 Å². The molecule has 0 fully saturated rings. The average molecular weight is 957 g/mol. The first-order chi connectivity index (χ1) is 31.7. The normalized spacial score (nSPS) is 15.2. The van der Waals surface area contributed by atoms with Crippen molar-refractivity contribution in [1.82, 2.24) is 15.0 Å². The maximum absolute atomic E-state index is 12.2. The van der Waals surface area contributed by atoms with E-state index in [0.29, 0.717) is 11.3 Å². The summed E-state index contributed by atoms with van der Waals surface area (Å²) >= 11 is 0.298. The summed E-state index contributed by atoms with van der Waals surface area (Å²) in [6.07, 6.45) is -2.44. The van der Waals surface area contributed by atoms with Gasteiger partial charge in [-0.1, -0.05) is 0 Å². The van der Waals surface area contributed by atoms with Crippen molar-refractivity contribution in [2.75, 3.05) is 0 Å². The summed E-state index contributed by atoms with van der Waals surface area (Å²) in [4.78, 5) is 12.1. The summed E-state index contributed by atoms with van der Waals surface area (Å²) in [5, 5.41) is 240. The van der Waals surface area contributed by atoms with Gasteiger partial charge in [0.15, 0.2) is 86.4 Å². The molecule has 29 heteroatoms. The molecule has 2 unspecified atom stereocenters. The predicted octanol–water partition coefficient (Wildman–Crippen LogP) is -1.21. The molecule has 22 N–H and O–H groups in total. The van der Waals surface area contributed by atoms with Crippen LogP contribution in [0, 0.1) is 0 Å². The number of phenols is 17. The molecule has 68 heavy (non-hydrogen) atoms. The Morgan fingerprint density at radius 3 is 1.26 bits per heavy atom. The average Bonchev–Trinajstić information content (AvgIpc) is 3.70. The molecular weight excluding hydrogens is 927 g/mol. The number of thiophene rings is 1. The molecule has 1 aliphatic carbocycles. The highest BCUT2D eigenvalue weighted by atomic mass is 32.1. The van der Waals surface area contributed by atoms with Gasteiger partial charge in [-0.3, -0.25) is 0 Å². The maximum atomic E-state index is 12.2. The summed E-state index contributed by atoms with van der Waals surface area (Å²) < 4.78 is -1.09. The van der Waals surface area contributed by atoms with E-state index in [0.717, 1.165) is 23.5 Å². The Morgan fingerprint density at radius 1 is 0.324 bits per heavy atom. The molecule has 1 aliphatic rings. The largest absolute Gasteiger partial charge is 0.508 e. The molecule has 7 aromatic rings. The number of benzene rings is 5. The fourth-order valence-corrected chi connectivity index (χ4v) is 9.30. The van der Waals surface area contributed by atoms with E-state index in [1.54, 1.807) is 0 Å².